The number of piperazine rings is 1. The number of halogens is 3. The van der Waals surface area contributed by atoms with E-state index in [4.69, 9.17) is 5.73 Å². The fourth-order valence-corrected chi connectivity index (χ4v) is 5.59. The second kappa shape index (κ2) is 11.4. The predicted octanol–water partition coefficient (Wildman–Crippen LogP) is 5.32. The Hall–Kier alpha value is -5.17. The summed E-state index contributed by atoms with van der Waals surface area (Å²) in [6.45, 7) is 4.53. The number of hydrogen-bond acceptors (Lipinski definition) is 8. The molecule has 0 saturated carbocycles. The van der Waals surface area contributed by atoms with Gasteiger partial charge in [-0.05, 0) is 61.5 Å². The monoisotopic (exact) mass is 616 g/mol. The molecule has 3 aromatic carbocycles. The third-order valence-corrected chi connectivity index (χ3v) is 8.06. The number of benzene rings is 3. The molecule has 1 fully saturated rings. The number of anilines is 3. The molecule has 13 heteroatoms. The lowest BCUT2D eigenvalue weighted by atomic mass is 9.92. The number of aromatic hydroxyl groups is 1. The molecule has 0 unspecified atom stereocenters. The fraction of sp³-hybridized carbons (Fsp3) is 0.250. The Morgan fingerprint density at radius 2 is 1.76 bits per heavy atom. The van der Waals surface area contributed by atoms with Crippen molar-refractivity contribution in [1.82, 2.24) is 24.6 Å². The molecule has 0 atom stereocenters. The van der Waals surface area contributed by atoms with Gasteiger partial charge in [0.2, 0.25) is 5.95 Å². The van der Waals surface area contributed by atoms with Crippen LogP contribution in [0, 0.1) is 6.92 Å². The fourth-order valence-electron chi connectivity index (χ4n) is 5.59. The maximum atomic E-state index is 13.7. The summed E-state index contributed by atoms with van der Waals surface area (Å²) in [6, 6.07) is 10.1. The number of aryl methyl sites for hydroxylation is 2. The molecule has 232 valence electrons. The molecule has 1 aliphatic heterocycles. The van der Waals surface area contributed by atoms with E-state index in [1.54, 1.807) is 54.6 Å². The summed E-state index contributed by atoms with van der Waals surface area (Å²) in [5.41, 5.74) is 8.98. The summed E-state index contributed by atoms with van der Waals surface area (Å²) in [5, 5.41) is 19.2. The number of carbonyl (C=O) groups is 1. The SMILES string of the molecule is Cc1ccc(C(=O)Nc2cc(C(F)(F)F)ccc2N2CCN(C)CC2)cc1-c1cc2cnc(N)nc2c(-c2cnn(C)c2)c1O. The van der Waals surface area contributed by atoms with Gasteiger partial charge < -0.3 is 26.0 Å². The molecule has 45 heavy (non-hydrogen) atoms. The van der Waals surface area contributed by atoms with Crippen LogP contribution >= 0.6 is 0 Å². The average molecular weight is 617 g/mol. The molecule has 4 N–H and O–H groups in total. The lowest BCUT2D eigenvalue weighted by Crippen LogP contribution is -2.44. The van der Waals surface area contributed by atoms with Gasteiger partial charge >= 0.3 is 6.18 Å². The van der Waals surface area contributed by atoms with Crippen LogP contribution in [0.25, 0.3) is 33.2 Å². The molecule has 1 saturated heterocycles. The van der Waals surface area contributed by atoms with E-state index >= 15 is 0 Å². The Bertz CT molecular complexity index is 1930. The highest BCUT2D eigenvalue weighted by Crippen LogP contribution is 2.44. The number of rotatable bonds is 5. The van der Waals surface area contributed by atoms with Crippen LogP contribution in [-0.4, -0.2) is 68.9 Å². The van der Waals surface area contributed by atoms with Gasteiger partial charge in [-0.15, -0.1) is 0 Å². The van der Waals surface area contributed by atoms with Gasteiger partial charge in [0.15, 0.2) is 0 Å². The average Bonchev–Trinajstić information content (AvgIpc) is 3.42. The smallest absolute Gasteiger partial charge is 0.416 e. The minimum atomic E-state index is -4.58. The first-order chi connectivity index (χ1) is 21.4. The number of hydrogen-bond donors (Lipinski definition) is 3. The Morgan fingerprint density at radius 3 is 2.44 bits per heavy atom. The number of aromatic nitrogens is 4. The van der Waals surface area contributed by atoms with Crippen molar-refractivity contribution < 1.29 is 23.1 Å². The first-order valence-corrected chi connectivity index (χ1v) is 14.2. The molecule has 5 aromatic rings. The Labute approximate surface area is 256 Å². The van der Waals surface area contributed by atoms with E-state index in [1.165, 1.54) is 6.07 Å². The molecule has 2 aromatic heterocycles. The number of nitrogen functional groups attached to an aromatic ring is 1. The van der Waals surface area contributed by atoms with Gasteiger partial charge in [0.05, 0.1) is 34.2 Å². The Balaban J connectivity index is 1.42. The van der Waals surface area contributed by atoms with Crippen molar-refractivity contribution in [3.63, 3.8) is 0 Å². The molecule has 0 aliphatic carbocycles. The van der Waals surface area contributed by atoms with Crippen molar-refractivity contribution in [2.75, 3.05) is 49.2 Å². The summed E-state index contributed by atoms with van der Waals surface area (Å²) in [6.07, 6.45) is 0.311. The second-order valence-corrected chi connectivity index (χ2v) is 11.2. The summed E-state index contributed by atoms with van der Waals surface area (Å²) in [5.74, 6) is -0.639. The lowest BCUT2D eigenvalue weighted by Gasteiger charge is -2.35. The lowest BCUT2D eigenvalue weighted by molar-refractivity contribution is -0.137. The summed E-state index contributed by atoms with van der Waals surface area (Å²) < 4.78 is 42.7. The maximum absolute atomic E-state index is 13.7. The highest BCUT2D eigenvalue weighted by molar-refractivity contribution is 6.08. The minimum absolute atomic E-state index is 0.0418. The summed E-state index contributed by atoms with van der Waals surface area (Å²) >= 11 is 0. The van der Waals surface area contributed by atoms with Gasteiger partial charge in [-0.3, -0.25) is 9.48 Å². The van der Waals surface area contributed by atoms with E-state index in [-0.39, 0.29) is 22.9 Å². The molecular weight excluding hydrogens is 585 g/mol. The van der Waals surface area contributed by atoms with E-state index < -0.39 is 17.6 Å². The zero-order valence-corrected chi connectivity index (χ0v) is 24.9. The van der Waals surface area contributed by atoms with Crippen molar-refractivity contribution >= 4 is 34.1 Å². The minimum Gasteiger partial charge on any atom is -0.507 e. The number of phenolic OH excluding ortho intramolecular Hbond substituents is 1. The van der Waals surface area contributed by atoms with Crippen molar-refractivity contribution in [2.24, 2.45) is 7.05 Å². The molecule has 0 bridgehead atoms. The number of amides is 1. The van der Waals surface area contributed by atoms with E-state index in [0.29, 0.717) is 51.9 Å². The van der Waals surface area contributed by atoms with Crippen molar-refractivity contribution in [3.8, 4) is 28.0 Å². The molecule has 10 nitrogen and oxygen atoms in total. The van der Waals surface area contributed by atoms with Crippen LogP contribution < -0.4 is 16.0 Å². The number of carbonyl (C=O) groups excluding carboxylic acids is 1. The normalized spacial score (nSPS) is 14.2. The maximum Gasteiger partial charge on any atom is 0.416 e. The van der Waals surface area contributed by atoms with Gasteiger partial charge in [0.25, 0.3) is 5.91 Å². The molecule has 1 amide bonds. The van der Waals surface area contributed by atoms with Crippen molar-refractivity contribution in [1.29, 1.82) is 0 Å². The van der Waals surface area contributed by atoms with Gasteiger partial charge in [-0.25, -0.2) is 9.97 Å². The number of nitrogens with two attached hydrogens (primary N) is 1. The van der Waals surface area contributed by atoms with Crippen LogP contribution in [0.15, 0.2) is 61.1 Å². The topological polar surface area (TPSA) is 125 Å². The Morgan fingerprint density at radius 1 is 1.00 bits per heavy atom. The molecule has 0 spiro atoms. The number of phenols is 1. The van der Waals surface area contributed by atoms with Crippen LogP contribution in [0.4, 0.5) is 30.5 Å². The molecular formula is C32H31F3N8O2. The van der Waals surface area contributed by atoms with Crippen molar-refractivity contribution in [3.05, 3.63) is 77.7 Å². The second-order valence-electron chi connectivity index (χ2n) is 11.2. The number of likely N-dealkylation sites (N-methyl/N-ethyl adjacent to an activating group) is 1. The van der Waals surface area contributed by atoms with Crippen LogP contribution in [0.1, 0.15) is 21.5 Å². The standard InChI is InChI=1S/C32H31F3N8O2/c1-18-4-5-19(30(45)39-25-14-22(32(33,34)35)6-7-26(25)43-10-8-41(2)9-11-43)12-23(18)24-13-20-15-37-31(36)40-28(20)27(29(24)44)21-16-38-42(3)17-21/h4-7,12-17,44H,8-11H2,1-3H3,(H,39,45)(H2,36,37,40). The zero-order valence-electron chi connectivity index (χ0n) is 24.9. The highest BCUT2D eigenvalue weighted by Gasteiger charge is 2.32. The van der Waals surface area contributed by atoms with Crippen LogP contribution in [0.5, 0.6) is 5.75 Å². The first-order valence-electron chi connectivity index (χ1n) is 14.2. The first kappa shape index (κ1) is 29.9. The quantitative estimate of drug-likeness (QED) is 0.243. The van der Waals surface area contributed by atoms with Crippen molar-refractivity contribution in [2.45, 2.75) is 13.1 Å². The Kier molecular flexibility index (Phi) is 7.57. The van der Waals surface area contributed by atoms with E-state index in [0.717, 1.165) is 30.8 Å². The number of nitrogens with one attached hydrogen (secondary N) is 1. The van der Waals surface area contributed by atoms with Gasteiger partial charge in [0, 0.05) is 67.7 Å². The summed E-state index contributed by atoms with van der Waals surface area (Å²) in [4.78, 5) is 26.2. The molecule has 3 heterocycles. The third kappa shape index (κ3) is 5.86. The van der Waals surface area contributed by atoms with Crippen LogP contribution in [-0.2, 0) is 13.2 Å². The molecule has 6 rings (SSSR count). The third-order valence-electron chi connectivity index (χ3n) is 8.06. The van der Waals surface area contributed by atoms with E-state index in [9.17, 15) is 23.1 Å². The van der Waals surface area contributed by atoms with Gasteiger partial charge in [-0.1, -0.05) is 6.07 Å². The largest absolute Gasteiger partial charge is 0.507 e. The zero-order chi connectivity index (χ0) is 32.0. The van der Waals surface area contributed by atoms with Crippen LogP contribution in [0.2, 0.25) is 0 Å². The molecule has 0 radical (unpaired) electrons. The number of alkyl halides is 3. The predicted molar refractivity (Wildman–Crippen MR) is 167 cm³/mol. The van der Waals surface area contributed by atoms with Crippen LogP contribution in [0.3, 0.4) is 0 Å². The van der Waals surface area contributed by atoms with E-state index in [2.05, 4.69) is 25.3 Å². The number of nitrogens with zero attached hydrogens (tertiary/aromatic N) is 6. The number of fused-ring (bicyclic) bond motifs is 1. The van der Waals surface area contributed by atoms with Gasteiger partial charge in [-0.2, -0.15) is 18.3 Å². The van der Waals surface area contributed by atoms with E-state index in [1.807, 2.05) is 18.9 Å². The molecule has 1 aliphatic rings. The highest BCUT2D eigenvalue weighted by atomic mass is 19.4. The van der Waals surface area contributed by atoms with Gasteiger partial charge in [0.1, 0.15) is 5.75 Å². The summed E-state index contributed by atoms with van der Waals surface area (Å²) in [7, 11) is 3.74.